The van der Waals surface area contributed by atoms with Gasteiger partial charge in [0.15, 0.2) is 0 Å². The Balaban J connectivity index is 0.918. The van der Waals surface area contributed by atoms with E-state index in [4.69, 9.17) is 0 Å². The SMILES string of the molecule is CC1(C)c2cc(-c3ccccc3)ccc2-c2ccc(N(c3ccccc3)c3ccc(-c4ccccc4-n4c5ccccc5c5c(-c6cc7ccccc7c7ccccc67)cccc54)cc3)cc21. The minimum Gasteiger partial charge on any atom is -0.310 e. The Morgan fingerprint density at radius 3 is 1.70 bits per heavy atom. The third-order valence-corrected chi connectivity index (χ3v) is 14.4. The van der Waals surface area contributed by atoms with Gasteiger partial charge in [0.25, 0.3) is 0 Å². The number of aromatic nitrogens is 1. The molecule has 0 atom stereocenters. The maximum atomic E-state index is 2.48. The molecule has 2 nitrogen and oxygen atoms in total. The van der Waals surface area contributed by atoms with E-state index in [0.29, 0.717) is 0 Å². The van der Waals surface area contributed by atoms with E-state index in [9.17, 15) is 0 Å². The van der Waals surface area contributed by atoms with E-state index >= 15 is 0 Å². The number of hydrogen-bond acceptors (Lipinski definition) is 1. The molecule has 0 N–H and O–H groups in total. The Labute approximate surface area is 391 Å². The summed E-state index contributed by atoms with van der Waals surface area (Å²) in [4.78, 5) is 2.40. The number of benzene rings is 11. The number of para-hydroxylation sites is 3. The molecule has 1 heterocycles. The first-order valence-corrected chi connectivity index (χ1v) is 23.3. The zero-order valence-corrected chi connectivity index (χ0v) is 37.5. The first kappa shape index (κ1) is 39.0. The van der Waals surface area contributed by atoms with Crippen LogP contribution >= 0.6 is 0 Å². The van der Waals surface area contributed by atoms with Crippen molar-refractivity contribution < 1.29 is 0 Å². The summed E-state index contributed by atoms with van der Waals surface area (Å²) in [6.07, 6.45) is 0. The Morgan fingerprint density at radius 1 is 0.328 bits per heavy atom. The second-order valence-corrected chi connectivity index (χ2v) is 18.5. The molecular formula is C65H46N2. The lowest BCUT2D eigenvalue weighted by molar-refractivity contribution is 0.660. The van der Waals surface area contributed by atoms with Gasteiger partial charge in [-0.05, 0) is 138 Å². The highest BCUT2D eigenvalue weighted by Crippen LogP contribution is 2.52. The second kappa shape index (κ2) is 15.3. The molecule has 0 fully saturated rings. The highest BCUT2D eigenvalue weighted by molar-refractivity contribution is 6.21. The van der Waals surface area contributed by atoms with Crippen molar-refractivity contribution in [3.63, 3.8) is 0 Å². The average Bonchev–Trinajstić information content (AvgIpc) is 3.84. The number of fused-ring (bicyclic) bond motifs is 9. The van der Waals surface area contributed by atoms with Gasteiger partial charge in [0.2, 0.25) is 0 Å². The topological polar surface area (TPSA) is 8.17 Å². The molecule has 0 saturated heterocycles. The fourth-order valence-corrected chi connectivity index (χ4v) is 11.2. The molecule has 316 valence electrons. The van der Waals surface area contributed by atoms with Gasteiger partial charge in [-0.15, -0.1) is 0 Å². The molecule has 1 aliphatic carbocycles. The summed E-state index contributed by atoms with van der Waals surface area (Å²) in [6.45, 7) is 4.75. The van der Waals surface area contributed by atoms with Crippen molar-refractivity contribution in [2.45, 2.75) is 19.3 Å². The van der Waals surface area contributed by atoms with Crippen LogP contribution < -0.4 is 4.90 Å². The molecule has 11 aromatic carbocycles. The van der Waals surface area contributed by atoms with Crippen LogP contribution in [0.3, 0.4) is 0 Å². The first-order chi connectivity index (χ1) is 33.0. The lowest BCUT2D eigenvalue weighted by Crippen LogP contribution is -2.16. The molecule has 0 radical (unpaired) electrons. The van der Waals surface area contributed by atoms with E-state index in [1.165, 1.54) is 93.4 Å². The van der Waals surface area contributed by atoms with Gasteiger partial charge in [0, 0.05) is 38.8 Å². The van der Waals surface area contributed by atoms with E-state index in [1.807, 2.05) is 0 Å². The van der Waals surface area contributed by atoms with Crippen LogP contribution in [-0.2, 0) is 5.41 Å². The third-order valence-electron chi connectivity index (χ3n) is 14.4. The first-order valence-electron chi connectivity index (χ1n) is 23.3. The van der Waals surface area contributed by atoms with E-state index < -0.39 is 0 Å². The Morgan fingerprint density at radius 2 is 0.896 bits per heavy atom. The van der Waals surface area contributed by atoms with Crippen LogP contribution in [0.15, 0.2) is 243 Å². The normalized spacial score (nSPS) is 12.7. The van der Waals surface area contributed by atoms with Gasteiger partial charge in [-0.1, -0.05) is 190 Å². The van der Waals surface area contributed by atoms with Gasteiger partial charge in [0.05, 0.1) is 16.7 Å². The molecule has 0 amide bonds. The molecule has 1 aliphatic rings. The molecular weight excluding hydrogens is 809 g/mol. The molecule has 1 aromatic heterocycles. The summed E-state index contributed by atoms with van der Waals surface area (Å²) in [5.41, 5.74) is 19.4. The minimum absolute atomic E-state index is 0.168. The molecule has 0 saturated carbocycles. The summed E-state index contributed by atoms with van der Waals surface area (Å²) in [5.74, 6) is 0. The number of rotatable bonds is 7. The molecule has 0 aliphatic heterocycles. The van der Waals surface area contributed by atoms with E-state index in [-0.39, 0.29) is 5.41 Å². The van der Waals surface area contributed by atoms with E-state index in [0.717, 1.165) is 28.3 Å². The lowest BCUT2D eigenvalue weighted by Gasteiger charge is -2.28. The number of anilines is 3. The lowest BCUT2D eigenvalue weighted by atomic mass is 9.81. The van der Waals surface area contributed by atoms with Crippen LogP contribution in [0.2, 0.25) is 0 Å². The predicted octanol–water partition coefficient (Wildman–Crippen LogP) is 17.9. The van der Waals surface area contributed by atoms with Gasteiger partial charge in [-0.2, -0.15) is 0 Å². The Bertz CT molecular complexity index is 3880. The molecule has 0 bridgehead atoms. The smallest absolute Gasteiger partial charge is 0.0547 e. The van der Waals surface area contributed by atoms with Gasteiger partial charge in [-0.25, -0.2) is 0 Å². The molecule has 13 rings (SSSR count). The Hall–Kier alpha value is -8.46. The van der Waals surface area contributed by atoms with Crippen LogP contribution in [0.4, 0.5) is 17.1 Å². The van der Waals surface area contributed by atoms with Gasteiger partial charge < -0.3 is 9.47 Å². The van der Waals surface area contributed by atoms with Crippen LogP contribution in [0, 0.1) is 0 Å². The quantitative estimate of drug-likeness (QED) is 0.145. The molecule has 12 aromatic rings. The summed E-state index contributed by atoms with van der Waals surface area (Å²) in [7, 11) is 0. The van der Waals surface area contributed by atoms with Crippen molar-refractivity contribution in [3.05, 3.63) is 254 Å². The van der Waals surface area contributed by atoms with Gasteiger partial charge in [-0.3, -0.25) is 0 Å². The fraction of sp³-hybridized carbons (Fsp3) is 0.0462. The third kappa shape index (κ3) is 6.18. The van der Waals surface area contributed by atoms with Crippen molar-refractivity contribution in [2.24, 2.45) is 0 Å². The van der Waals surface area contributed by atoms with Crippen LogP contribution in [0.1, 0.15) is 25.0 Å². The van der Waals surface area contributed by atoms with E-state index in [2.05, 4.69) is 266 Å². The van der Waals surface area contributed by atoms with Crippen LogP contribution in [-0.4, -0.2) is 4.57 Å². The summed E-state index contributed by atoms with van der Waals surface area (Å²) in [6, 6.07) is 89.3. The molecule has 0 spiro atoms. The number of hydrogen-bond donors (Lipinski definition) is 0. The van der Waals surface area contributed by atoms with Crippen LogP contribution in [0.25, 0.3) is 93.5 Å². The maximum absolute atomic E-state index is 2.48. The highest BCUT2D eigenvalue weighted by Gasteiger charge is 2.36. The van der Waals surface area contributed by atoms with Crippen molar-refractivity contribution in [1.82, 2.24) is 4.57 Å². The summed E-state index contributed by atoms with van der Waals surface area (Å²) < 4.78 is 2.48. The fourth-order valence-electron chi connectivity index (χ4n) is 11.2. The minimum atomic E-state index is -0.168. The van der Waals surface area contributed by atoms with Crippen molar-refractivity contribution in [2.75, 3.05) is 4.90 Å². The standard InChI is InChI=1S/C65H46N2/c1-65(2)59-41-45(43-18-5-3-6-19-43)34-38-54(59)55-39-37-49(42-60(55)65)66(47-21-7-4-8-22-47)48-35-32-44(33-36-48)51-24-13-15-29-61(51)67-62-30-16-14-27-57(62)64-56(28-17-31-63(64)67)58-40-46-20-9-10-23-50(46)52-25-11-12-26-53(52)58/h3-42H,1-2H3. The molecule has 67 heavy (non-hydrogen) atoms. The average molecular weight is 855 g/mol. The van der Waals surface area contributed by atoms with Crippen molar-refractivity contribution in [3.8, 4) is 50.2 Å². The summed E-state index contributed by atoms with van der Waals surface area (Å²) >= 11 is 0. The summed E-state index contributed by atoms with van der Waals surface area (Å²) in [5, 5.41) is 7.58. The zero-order valence-electron chi connectivity index (χ0n) is 37.5. The van der Waals surface area contributed by atoms with Crippen molar-refractivity contribution >= 4 is 60.4 Å². The molecule has 2 heteroatoms. The van der Waals surface area contributed by atoms with Gasteiger partial charge in [0.1, 0.15) is 0 Å². The second-order valence-electron chi connectivity index (χ2n) is 18.5. The van der Waals surface area contributed by atoms with Crippen molar-refractivity contribution in [1.29, 1.82) is 0 Å². The monoisotopic (exact) mass is 854 g/mol. The maximum Gasteiger partial charge on any atom is 0.0547 e. The van der Waals surface area contributed by atoms with Crippen LogP contribution in [0.5, 0.6) is 0 Å². The Kier molecular flexibility index (Phi) is 8.91. The zero-order chi connectivity index (χ0) is 44.6. The van der Waals surface area contributed by atoms with Gasteiger partial charge >= 0.3 is 0 Å². The van der Waals surface area contributed by atoms with E-state index in [1.54, 1.807) is 0 Å². The number of nitrogens with zero attached hydrogens (tertiary/aromatic N) is 2. The largest absolute Gasteiger partial charge is 0.310 e. The highest BCUT2D eigenvalue weighted by atomic mass is 15.1. The predicted molar refractivity (Wildman–Crippen MR) is 284 cm³/mol. The molecule has 0 unspecified atom stereocenters.